The molecule has 2 aliphatic rings. The van der Waals surface area contributed by atoms with Crippen molar-refractivity contribution in [2.75, 3.05) is 13.1 Å². The molecule has 2 amide bonds. The maximum absolute atomic E-state index is 13.3. The van der Waals surface area contributed by atoms with E-state index in [1.54, 1.807) is 22.4 Å². The number of rotatable bonds is 1. The molecule has 1 saturated heterocycles. The monoisotopic (exact) mass is 544 g/mol. The number of carbonyl (C=O) groups is 3. The first-order valence-corrected chi connectivity index (χ1v) is 14.1. The lowest BCUT2D eigenvalue weighted by molar-refractivity contribution is -0.158. The molecule has 4 N–H and O–H groups in total. The molecule has 0 aromatic carbocycles. The molecule has 1 fully saturated rings. The first-order chi connectivity index (χ1) is 18.0. The Morgan fingerprint density at radius 1 is 1.26 bits per heavy atom. The Balaban J connectivity index is 1.85. The Kier molecular flexibility index (Phi) is 10.8. The van der Waals surface area contributed by atoms with Gasteiger partial charge in [0, 0.05) is 36.9 Å². The number of amides is 2. The van der Waals surface area contributed by atoms with E-state index in [0.29, 0.717) is 49.5 Å². The van der Waals surface area contributed by atoms with Crippen LogP contribution in [0.5, 0.6) is 0 Å². The standard InChI is InChI=1S/C28H40N4O5S/c1-17(2)26-19(4)9-10-24(34)30-11-5-7-18(3)13-21(33)14-20(29)15-25-31-22(16-38-25)27(35)32-12-6-8-23(32)28(36)37-26/h5,7,9-10,13,16-17,19-21,23,26,33H,6,8,11-12,14-15,29H2,1-4H3,(H,30,34)/b7-5+,10-9+,18-13+/t19-,20+,21-,23-,26-/m1/s1. The van der Waals surface area contributed by atoms with Crippen molar-refractivity contribution in [3.8, 4) is 0 Å². The molecule has 3 heterocycles. The summed E-state index contributed by atoms with van der Waals surface area (Å²) >= 11 is 1.35. The molecule has 9 nitrogen and oxygen atoms in total. The molecule has 0 saturated carbocycles. The summed E-state index contributed by atoms with van der Waals surface area (Å²) in [6, 6.07) is -1.02. The van der Waals surface area contributed by atoms with Gasteiger partial charge < -0.3 is 25.8 Å². The number of nitrogens with one attached hydrogen (secondary N) is 1. The van der Waals surface area contributed by atoms with Crippen LogP contribution in [0, 0.1) is 11.8 Å². The van der Waals surface area contributed by atoms with Crippen molar-refractivity contribution in [1.29, 1.82) is 0 Å². The number of aromatic nitrogens is 1. The van der Waals surface area contributed by atoms with Gasteiger partial charge in [-0.1, -0.05) is 50.6 Å². The molecule has 0 spiro atoms. The number of aliphatic hydroxyl groups excluding tert-OH is 1. The molecule has 5 atom stereocenters. The van der Waals surface area contributed by atoms with Gasteiger partial charge in [0.2, 0.25) is 5.91 Å². The van der Waals surface area contributed by atoms with E-state index < -0.39 is 24.2 Å². The van der Waals surface area contributed by atoms with Crippen LogP contribution >= 0.6 is 11.3 Å². The predicted octanol–water partition coefficient (Wildman–Crippen LogP) is 2.76. The minimum Gasteiger partial charge on any atom is -0.460 e. The average molecular weight is 545 g/mol. The normalized spacial score (nSPS) is 31.7. The molecule has 10 heteroatoms. The van der Waals surface area contributed by atoms with Crippen LogP contribution < -0.4 is 11.1 Å². The highest BCUT2D eigenvalue weighted by molar-refractivity contribution is 7.09. The zero-order chi connectivity index (χ0) is 27.8. The van der Waals surface area contributed by atoms with E-state index in [-0.39, 0.29) is 29.7 Å². The summed E-state index contributed by atoms with van der Waals surface area (Å²) in [5.74, 6) is -1.17. The highest BCUT2D eigenvalue weighted by atomic mass is 32.1. The second kappa shape index (κ2) is 13.8. The first-order valence-electron chi connectivity index (χ1n) is 13.3. The molecule has 1 aromatic heterocycles. The number of esters is 1. The molecular weight excluding hydrogens is 504 g/mol. The molecule has 38 heavy (non-hydrogen) atoms. The van der Waals surface area contributed by atoms with E-state index in [9.17, 15) is 19.5 Å². The molecule has 2 aliphatic heterocycles. The Hall–Kier alpha value is -2.82. The van der Waals surface area contributed by atoms with Gasteiger partial charge in [0.25, 0.3) is 5.91 Å². The van der Waals surface area contributed by atoms with Gasteiger partial charge in [-0.3, -0.25) is 9.59 Å². The van der Waals surface area contributed by atoms with E-state index >= 15 is 0 Å². The third-order valence-corrected chi connectivity index (χ3v) is 7.62. The Labute approximate surface area is 228 Å². The molecule has 0 radical (unpaired) electrons. The second-order valence-corrected chi connectivity index (χ2v) is 11.4. The van der Waals surface area contributed by atoms with Crippen LogP contribution in [0.25, 0.3) is 0 Å². The van der Waals surface area contributed by atoms with Crippen LogP contribution in [0.4, 0.5) is 0 Å². The van der Waals surface area contributed by atoms with Crippen molar-refractivity contribution < 1.29 is 24.2 Å². The lowest BCUT2D eigenvalue weighted by atomic mass is 9.94. The van der Waals surface area contributed by atoms with Gasteiger partial charge in [-0.2, -0.15) is 0 Å². The summed E-state index contributed by atoms with van der Waals surface area (Å²) in [7, 11) is 0. The third kappa shape index (κ3) is 8.34. The summed E-state index contributed by atoms with van der Waals surface area (Å²) < 4.78 is 5.93. The van der Waals surface area contributed by atoms with Crippen LogP contribution in [-0.2, 0) is 20.7 Å². The maximum atomic E-state index is 13.3. The molecule has 0 aliphatic carbocycles. The van der Waals surface area contributed by atoms with E-state index in [1.165, 1.54) is 17.4 Å². The second-order valence-electron chi connectivity index (χ2n) is 10.5. The molecule has 2 bridgehead atoms. The summed E-state index contributed by atoms with van der Waals surface area (Å²) in [5, 5.41) is 15.6. The van der Waals surface area contributed by atoms with Crippen molar-refractivity contribution in [2.24, 2.45) is 17.6 Å². The van der Waals surface area contributed by atoms with Gasteiger partial charge in [-0.25, -0.2) is 9.78 Å². The molecule has 1 aromatic rings. The fourth-order valence-electron chi connectivity index (χ4n) is 4.82. The van der Waals surface area contributed by atoms with Gasteiger partial charge >= 0.3 is 5.97 Å². The van der Waals surface area contributed by atoms with Crippen molar-refractivity contribution in [1.82, 2.24) is 15.2 Å². The smallest absolute Gasteiger partial charge is 0.329 e. The van der Waals surface area contributed by atoms with Gasteiger partial charge in [0.1, 0.15) is 17.8 Å². The summed E-state index contributed by atoms with van der Waals surface area (Å²) in [6.07, 6.45) is 9.38. The maximum Gasteiger partial charge on any atom is 0.329 e. The van der Waals surface area contributed by atoms with Crippen LogP contribution in [0.1, 0.15) is 62.5 Å². The predicted molar refractivity (Wildman–Crippen MR) is 147 cm³/mol. The number of fused-ring (bicyclic) bond motifs is 3. The summed E-state index contributed by atoms with van der Waals surface area (Å²) in [4.78, 5) is 44.8. The highest BCUT2D eigenvalue weighted by Crippen LogP contribution is 2.26. The molecule has 208 valence electrons. The topological polar surface area (TPSA) is 135 Å². The van der Waals surface area contributed by atoms with Gasteiger partial charge in [-0.15, -0.1) is 11.3 Å². The fourth-order valence-corrected chi connectivity index (χ4v) is 5.69. The number of nitrogens with zero attached hydrogens (tertiary/aromatic N) is 2. The summed E-state index contributed by atoms with van der Waals surface area (Å²) in [6.45, 7) is 8.49. The first kappa shape index (κ1) is 29.7. The number of carbonyl (C=O) groups excluding carboxylic acids is 3. The highest BCUT2D eigenvalue weighted by Gasteiger charge is 2.38. The SMILES string of the molecule is CC1=C\[C@@H](O)C[C@H](N)Cc2nc(cs2)C(=O)N2CCC[C@@H]2C(=O)O[C@H](C(C)C)[C@H](C)/C=C/C(=O)NC\C=C\1. The van der Waals surface area contributed by atoms with Crippen molar-refractivity contribution >= 4 is 29.1 Å². The van der Waals surface area contributed by atoms with Crippen molar-refractivity contribution in [2.45, 2.75) is 77.7 Å². The van der Waals surface area contributed by atoms with E-state index in [2.05, 4.69) is 10.3 Å². The zero-order valence-corrected chi connectivity index (χ0v) is 23.4. The number of hydrogen-bond acceptors (Lipinski definition) is 8. The van der Waals surface area contributed by atoms with Crippen LogP contribution in [0.2, 0.25) is 0 Å². The Bertz CT molecular complexity index is 1080. The van der Waals surface area contributed by atoms with Crippen molar-refractivity contribution in [3.05, 3.63) is 52.0 Å². The van der Waals surface area contributed by atoms with E-state index in [4.69, 9.17) is 10.5 Å². The summed E-state index contributed by atoms with van der Waals surface area (Å²) in [5.41, 5.74) is 7.40. The minimum absolute atomic E-state index is 0.0139. The number of allylic oxidation sites excluding steroid dienone is 2. The quantitative estimate of drug-likeness (QED) is 0.463. The number of aliphatic hydroxyl groups is 1. The van der Waals surface area contributed by atoms with Gasteiger partial charge in [0.05, 0.1) is 11.1 Å². The lowest BCUT2D eigenvalue weighted by Gasteiger charge is -2.29. The van der Waals surface area contributed by atoms with Crippen LogP contribution in [-0.4, -0.2) is 70.2 Å². The Morgan fingerprint density at radius 3 is 2.76 bits per heavy atom. The number of thiazole rings is 1. The number of ether oxygens (including phenoxy) is 1. The number of cyclic esters (lactones) is 1. The molecule has 0 unspecified atom stereocenters. The third-order valence-electron chi connectivity index (χ3n) is 6.75. The zero-order valence-electron chi connectivity index (χ0n) is 22.6. The average Bonchev–Trinajstić information content (AvgIpc) is 3.52. The van der Waals surface area contributed by atoms with Gasteiger partial charge in [0.15, 0.2) is 0 Å². The molecular formula is C28H40N4O5S. The number of nitrogens with two attached hydrogens (primary N) is 1. The Morgan fingerprint density at radius 2 is 2.03 bits per heavy atom. The fraction of sp³-hybridized carbons (Fsp3) is 0.571. The van der Waals surface area contributed by atoms with Crippen LogP contribution in [0.3, 0.4) is 0 Å². The molecule has 3 rings (SSSR count). The van der Waals surface area contributed by atoms with E-state index in [0.717, 1.165) is 5.57 Å². The lowest BCUT2D eigenvalue weighted by Crippen LogP contribution is -2.44. The minimum atomic E-state index is -0.735. The van der Waals surface area contributed by atoms with Crippen LogP contribution in [0.15, 0.2) is 41.3 Å². The van der Waals surface area contributed by atoms with Crippen molar-refractivity contribution in [3.63, 3.8) is 0 Å². The van der Waals surface area contributed by atoms with E-state index in [1.807, 2.05) is 39.8 Å². The largest absolute Gasteiger partial charge is 0.460 e. The number of hydrogen-bond donors (Lipinski definition) is 3. The van der Waals surface area contributed by atoms with Gasteiger partial charge in [-0.05, 0) is 38.2 Å².